The van der Waals surface area contributed by atoms with Gasteiger partial charge in [0, 0.05) is 72.6 Å². The topological polar surface area (TPSA) is 421 Å². The summed E-state index contributed by atoms with van der Waals surface area (Å²) in [5, 5.41) is 14.9. The molecule has 398 valence electrons. The molecule has 0 radical (unpaired) electrons. The summed E-state index contributed by atoms with van der Waals surface area (Å²) in [6.07, 6.45) is 0. The van der Waals surface area contributed by atoms with E-state index < -0.39 is 8.63 Å². The average Bonchev–Trinajstić information content (AvgIpc) is 3.08. The van der Waals surface area contributed by atoms with E-state index in [4.69, 9.17) is 0 Å². The van der Waals surface area contributed by atoms with Crippen molar-refractivity contribution in [3.63, 3.8) is 0 Å². The molecule has 0 saturated heterocycles. The fraction of sp³-hybridized carbons (Fsp3) is 0.500. The third-order valence-corrected chi connectivity index (χ3v) is 9.25. The molecule has 0 saturated carbocycles. The molecule has 32 N–H and O–H groups in total. The molecule has 15 rings (SSSR count). The zero-order chi connectivity index (χ0) is 36.5. The summed E-state index contributed by atoms with van der Waals surface area (Å²) in [5.74, 6) is 0. The Morgan fingerprint density at radius 1 is 0.292 bits per heavy atom. The van der Waals surface area contributed by atoms with Gasteiger partial charge >= 0.3 is 33.3 Å². The van der Waals surface area contributed by atoms with Gasteiger partial charge in [0.05, 0.1) is 39.3 Å². The SMILES string of the molecule is F[Si-2](F)(F)(F)(F)F.O.O.O.O.O.O.O.O.O.O.[Cl-].[Cl-].[F-].[F-].c1cc2ccc1C[NH2+]CCN1CC[NH2+]Cc3ccc(cc3)C[NH2+]CCN(CC[NH2+]C2)CC[NH2+]Cc2ccc(cc2)C[NH2+]CC1. The normalized spacial score (nSPS) is 17.8. The van der Waals surface area contributed by atoms with Crippen LogP contribution in [0.15, 0.2) is 72.8 Å². The summed E-state index contributed by atoms with van der Waals surface area (Å²) in [6, 6.07) is 28.1. The molecule has 0 fully saturated rings. The average molecular weight is 1040 g/mol. The first-order chi connectivity index (χ1) is 24.2. The number of rotatable bonds is 0. The third-order valence-electron chi connectivity index (χ3n) is 9.25. The maximum Gasteiger partial charge on any atom is 0.101 e. The van der Waals surface area contributed by atoms with Crippen LogP contribution < -0.4 is 66.1 Å². The van der Waals surface area contributed by atoms with Gasteiger partial charge in [-0.25, -0.2) is 0 Å². The van der Waals surface area contributed by atoms with Crippen LogP contribution in [0.25, 0.3) is 0 Å². The minimum Gasteiger partial charge on any atom is -1.00 e. The standard InChI is InChI=1S/C36H54N8.2ClH.F6Si.2FH.10H2O/c1-2-32-4-3-31(1)25-37-13-19-43-21-15-39-27-33-5-9-35(10-6-33)29-41-17-23-44(20-14-38-26-32)24-18-42-30-36-11-7-34(8-12-36)28-40-16-22-43;;;1-7(2,3,4,5)6;;;;;;;;;;;;/h1-12,37-42H,13-30H2;2*1H;;2*1H;10*1H2/q;;;-2;;;;;;;;;;;;/p+2. The summed E-state index contributed by atoms with van der Waals surface area (Å²) >= 11 is 0. The van der Waals surface area contributed by atoms with Crippen LogP contribution in [0.2, 0.25) is 0 Å². The minimum atomic E-state index is -10.8. The van der Waals surface area contributed by atoms with Crippen molar-refractivity contribution in [3.05, 3.63) is 106 Å². The van der Waals surface area contributed by atoms with Gasteiger partial charge < -0.3 is 121 Å². The first kappa shape index (κ1) is 88.8. The van der Waals surface area contributed by atoms with Crippen LogP contribution >= 0.6 is 0 Å². The molecular formula is C36H80Cl2F8N8O10Si. The van der Waals surface area contributed by atoms with Crippen molar-refractivity contribution in [2.45, 2.75) is 39.3 Å². The Bertz CT molecular complexity index is 1220. The van der Waals surface area contributed by atoms with Gasteiger partial charge in [0.15, 0.2) is 0 Å². The Labute approximate surface area is 387 Å². The zero-order valence-electron chi connectivity index (χ0n) is 36.3. The molecule has 3 aromatic carbocycles. The van der Waals surface area contributed by atoms with Crippen LogP contribution in [0, 0.1) is 0 Å². The maximum absolute atomic E-state index is 10.8. The van der Waals surface area contributed by atoms with Crippen molar-refractivity contribution in [2.75, 3.05) is 78.5 Å². The molecule has 29 heteroatoms. The monoisotopic (exact) mass is 1030 g/mol. The molecule has 0 atom stereocenters. The maximum atomic E-state index is 9.88. The number of hydrogen-bond donors (Lipinski definition) is 6. The van der Waals surface area contributed by atoms with Crippen molar-refractivity contribution < 1.29 is 146 Å². The van der Waals surface area contributed by atoms with Crippen molar-refractivity contribution >= 4 is 8.63 Å². The van der Waals surface area contributed by atoms with E-state index in [2.05, 4.69) is 114 Å². The quantitative estimate of drug-likeness (QED) is 0.0726. The van der Waals surface area contributed by atoms with Crippen molar-refractivity contribution in [3.8, 4) is 0 Å². The second kappa shape index (κ2) is 42.5. The molecule has 0 spiro atoms. The first-order valence-electron chi connectivity index (χ1n) is 18.5. The molecule has 0 amide bonds. The van der Waals surface area contributed by atoms with Crippen LogP contribution in [0.3, 0.4) is 0 Å². The van der Waals surface area contributed by atoms with Crippen molar-refractivity contribution in [1.82, 2.24) is 9.80 Å². The van der Waals surface area contributed by atoms with Gasteiger partial charge in [-0.1, -0.05) is 72.8 Å². The van der Waals surface area contributed by atoms with E-state index in [1.54, 1.807) is 0 Å². The molecule has 65 heavy (non-hydrogen) atoms. The summed E-state index contributed by atoms with van der Waals surface area (Å²) in [6.45, 7) is 20.1. The van der Waals surface area contributed by atoms with E-state index in [1.165, 1.54) is 33.4 Å². The van der Waals surface area contributed by atoms with E-state index >= 15 is 0 Å². The van der Waals surface area contributed by atoms with Gasteiger partial charge in [0.1, 0.15) is 39.3 Å². The van der Waals surface area contributed by atoms with Gasteiger partial charge in [-0.15, -0.1) is 0 Å². The molecule has 18 nitrogen and oxygen atoms in total. The fourth-order valence-electron chi connectivity index (χ4n) is 6.36. The van der Waals surface area contributed by atoms with Gasteiger partial charge in [0.25, 0.3) is 0 Å². The van der Waals surface area contributed by atoms with E-state index in [1.807, 2.05) is 0 Å². The van der Waals surface area contributed by atoms with Crippen LogP contribution in [-0.4, -0.2) is 152 Å². The summed E-state index contributed by atoms with van der Waals surface area (Å²) in [7, 11) is -10.8. The van der Waals surface area contributed by atoms with Gasteiger partial charge in [-0.05, 0) is 0 Å². The third kappa shape index (κ3) is 44.8. The molecule has 8 bridgehead atoms. The van der Waals surface area contributed by atoms with E-state index in [9.17, 15) is 24.6 Å². The van der Waals surface area contributed by atoms with E-state index in [-0.39, 0.29) is 89.0 Å². The van der Waals surface area contributed by atoms with E-state index in [0.29, 0.717) is 0 Å². The number of benzene rings is 3. The summed E-state index contributed by atoms with van der Waals surface area (Å²) in [4.78, 5) is 5.35. The van der Waals surface area contributed by atoms with Crippen LogP contribution in [0.4, 0.5) is 24.6 Å². The molecule has 12 aliphatic heterocycles. The molecule has 12 heterocycles. The molecule has 12 aliphatic rings. The van der Waals surface area contributed by atoms with Gasteiger partial charge in [-0.2, -0.15) is 0 Å². The zero-order valence-corrected chi connectivity index (χ0v) is 38.8. The van der Waals surface area contributed by atoms with Crippen molar-refractivity contribution in [1.29, 1.82) is 0 Å². The Balaban J connectivity index is -0.000000143. The minimum absolute atomic E-state index is 0. The second-order valence-electron chi connectivity index (χ2n) is 13.9. The molecular weight excluding hydrogens is 955 g/mol. The molecule has 3 aromatic rings. The predicted octanol–water partition coefficient (Wildman–Crippen LogP) is -22.0. The van der Waals surface area contributed by atoms with Crippen LogP contribution in [0.1, 0.15) is 33.4 Å². The van der Waals surface area contributed by atoms with Crippen LogP contribution in [0.5, 0.6) is 0 Å². The van der Waals surface area contributed by atoms with Gasteiger partial charge in [0.2, 0.25) is 0 Å². The molecule has 0 aliphatic carbocycles. The molecule has 0 aromatic heterocycles. The Morgan fingerprint density at radius 2 is 0.400 bits per heavy atom. The number of halogens is 10. The summed E-state index contributed by atoms with van der Waals surface area (Å²) < 4.78 is 59.3. The number of hydrogen-bond acceptors (Lipinski definition) is 2. The Hall–Kier alpha value is -2.82. The fourth-order valence-corrected chi connectivity index (χ4v) is 6.36. The predicted molar refractivity (Wildman–Crippen MR) is 224 cm³/mol. The van der Waals surface area contributed by atoms with Crippen LogP contribution in [-0.2, 0) is 39.3 Å². The number of quaternary nitrogens is 6. The smallest absolute Gasteiger partial charge is 0.101 e. The Morgan fingerprint density at radius 3 is 0.508 bits per heavy atom. The second-order valence-corrected chi connectivity index (χ2v) is 16.0. The first-order valence-corrected chi connectivity index (χ1v) is 20.8. The summed E-state index contributed by atoms with van der Waals surface area (Å²) in [5.41, 5.74) is 8.59. The molecule has 0 unspecified atom stereocenters. The number of nitrogens with two attached hydrogens (primary N) is 6. The largest absolute Gasteiger partial charge is 1.00 e. The van der Waals surface area contributed by atoms with Gasteiger partial charge in [-0.3, -0.25) is 9.80 Å². The van der Waals surface area contributed by atoms with E-state index in [0.717, 1.165) is 118 Å². The van der Waals surface area contributed by atoms with Crippen molar-refractivity contribution in [2.24, 2.45) is 0 Å². The Kier molecular flexibility index (Phi) is 58.1. The number of nitrogens with zero attached hydrogens (tertiary/aromatic N) is 2.